The Morgan fingerprint density at radius 3 is 2.50 bits per heavy atom. The van der Waals surface area contributed by atoms with Crippen molar-refractivity contribution in [1.29, 1.82) is 0 Å². The van der Waals surface area contributed by atoms with E-state index in [2.05, 4.69) is 0 Å². The summed E-state index contributed by atoms with van der Waals surface area (Å²) in [5.41, 5.74) is 6.51. The molecule has 0 aliphatic carbocycles. The van der Waals surface area contributed by atoms with Crippen LogP contribution in [0.5, 0.6) is 5.75 Å². The summed E-state index contributed by atoms with van der Waals surface area (Å²) in [7, 11) is 0. The lowest BCUT2D eigenvalue weighted by molar-refractivity contribution is -0.137. The average Bonchev–Trinajstić information content (AvgIpc) is 2.64. The summed E-state index contributed by atoms with van der Waals surface area (Å²) in [6.07, 6.45) is -2.78. The monoisotopic (exact) mass is 359 g/mol. The van der Waals surface area contributed by atoms with E-state index in [1.54, 1.807) is 6.07 Å². The van der Waals surface area contributed by atoms with Crippen LogP contribution in [-0.4, -0.2) is 6.54 Å². The predicted molar refractivity (Wildman–Crippen MR) is 97.1 cm³/mol. The van der Waals surface area contributed by atoms with Crippen molar-refractivity contribution in [2.75, 3.05) is 6.54 Å². The fourth-order valence-corrected chi connectivity index (χ4v) is 2.99. The zero-order valence-corrected chi connectivity index (χ0v) is 14.2. The molecule has 0 bridgehead atoms. The lowest BCUT2D eigenvalue weighted by Crippen LogP contribution is -2.07. The zero-order chi connectivity index (χ0) is 18.6. The molecule has 0 amide bonds. The summed E-state index contributed by atoms with van der Waals surface area (Å²) in [5.74, 6) is 0.689. The van der Waals surface area contributed by atoms with Crippen molar-refractivity contribution >= 4 is 10.8 Å². The van der Waals surface area contributed by atoms with Crippen LogP contribution in [0.3, 0.4) is 0 Å². The highest BCUT2D eigenvalue weighted by atomic mass is 19.4. The van der Waals surface area contributed by atoms with Gasteiger partial charge in [-0.3, -0.25) is 0 Å². The number of rotatable bonds is 6. The van der Waals surface area contributed by atoms with Crippen LogP contribution < -0.4 is 10.5 Å². The molecule has 0 saturated heterocycles. The first kappa shape index (κ1) is 18.3. The van der Waals surface area contributed by atoms with Gasteiger partial charge in [0.1, 0.15) is 12.4 Å². The molecule has 0 heterocycles. The molecule has 3 aromatic carbocycles. The van der Waals surface area contributed by atoms with E-state index >= 15 is 0 Å². The second kappa shape index (κ2) is 7.79. The number of hydrogen-bond acceptors (Lipinski definition) is 2. The smallest absolute Gasteiger partial charge is 0.416 e. The number of ether oxygens (including phenoxy) is 1. The molecule has 0 saturated carbocycles. The molecule has 0 fully saturated rings. The maximum absolute atomic E-state index is 12.9. The van der Waals surface area contributed by atoms with Gasteiger partial charge in [-0.05, 0) is 53.9 Å². The third-order valence-corrected chi connectivity index (χ3v) is 4.28. The molecule has 2 N–H and O–H groups in total. The minimum Gasteiger partial charge on any atom is -0.489 e. The molecule has 26 heavy (non-hydrogen) atoms. The van der Waals surface area contributed by atoms with Gasteiger partial charge in [-0.1, -0.05) is 42.5 Å². The van der Waals surface area contributed by atoms with Crippen LogP contribution >= 0.6 is 0 Å². The highest BCUT2D eigenvalue weighted by Gasteiger charge is 2.30. The van der Waals surface area contributed by atoms with Gasteiger partial charge in [-0.25, -0.2) is 0 Å². The van der Waals surface area contributed by atoms with Crippen molar-refractivity contribution in [3.8, 4) is 5.75 Å². The summed E-state index contributed by atoms with van der Waals surface area (Å²) in [4.78, 5) is 0. The molecule has 0 atom stereocenters. The molecule has 0 spiro atoms. The topological polar surface area (TPSA) is 35.2 Å². The normalized spacial score (nSPS) is 11.7. The summed E-state index contributed by atoms with van der Waals surface area (Å²) in [6.45, 7) is 0.647. The fraction of sp³-hybridized carbons (Fsp3) is 0.238. The predicted octanol–water partition coefficient (Wildman–Crippen LogP) is 5.33. The number of halogens is 3. The van der Waals surface area contributed by atoms with Crippen LogP contribution in [0.25, 0.3) is 10.8 Å². The summed E-state index contributed by atoms with van der Waals surface area (Å²) in [5, 5.41) is 2.19. The lowest BCUT2D eigenvalue weighted by atomic mass is 9.99. The Hall–Kier alpha value is -2.53. The second-order valence-electron chi connectivity index (χ2n) is 6.14. The molecule has 136 valence electrons. The van der Waals surface area contributed by atoms with E-state index in [1.165, 1.54) is 6.07 Å². The fourth-order valence-electron chi connectivity index (χ4n) is 2.99. The Bertz CT molecular complexity index is 890. The summed E-state index contributed by atoms with van der Waals surface area (Å²) >= 11 is 0. The van der Waals surface area contributed by atoms with Gasteiger partial charge in [0, 0.05) is 5.56 Å². The van der Waals surface area contributed by atoms with E-state index in [9.17, 15) is 13.2 Å². The van der Waals surface area contributed by atoms with E-state index in [0.717, 1.165) is 41.3 Å². The van der Waals surface area contributed by atoms with Gasteiger partial charge < -0.3 is 10.5 Å². The molecule has 5 heteroatoms. The number of benzene rings is 3. The first-order chi connectivity index (χ1) is 12.5. The molecule has 0 aliphatic rings. The van der Waals surface area contributed by atoms with Crippen molar-refractivity contribution in [3.63, 3.8) is 0 Å². The molecule has 0 aliphatic heterocycles. The average molecular weight is 359 g/mol. The van der Waals surface area contributed by atoms with E-state index in [4.69, 9.17) is 10.5 Å². The van der Waals surface area contributed by atoms with Crippen LogP contribution in [0.4, 0.5) is 13.2 Å². The molecule has 2 nitrogen and oxygen atoms in total. The van der Waals surface area contributed by atoms with Gasteiger partial charge in [0.05, 0.1) is 5.56 Å². The van der Waals surface area contributed by atoms with Crippen molar-refractivity contribution in [2.24, 2.45) is 5.73 Å². The molecular weight excluding hydrogens is 339 g/mol. The molecule has 0 unspecified atom stereocenters. The van der Waals surface area contributed by atoms with Crippen LogP contribution in [0.15, 0.2) is 60.7 Å². The third-order valence-electron chi connectivity index (χ3n) is 4.28. The van der Waals surface area contributed by atoms with E-state index in [0.29, 0.717) is 17.9 Å². The maximum Gasteiger partial charge on any atom is 0.416 e. The van der Waals surface area contributed by atoms with Crippen LogP contribution in [0.2, 0.25) is 0 Å². The number of hydrogen-bond donors (Lipinski definition) is 1. The third kappa shape index (κ3) is 4.17. The van der Waals surface area contributed by atoms with Crippen LogP contribution in [-0.2, 0) is 19.2 Å². The maximum atomic E-state index is 12.9. The van der Waals surface area contributed by atoms with Crippen molar-refractivity contribution < 1.29 is 17.9 Å². The standard InChI is InChI=1S/C21H20F3NO/c22-21(23,24)17-7-3-5-15(13-17)14-26-20-11-10-16-6-1-2-8-18(16)19(20)9-4-12-25/h1-3,5-8,10-11,13H,4,9,12,14,25H2. The largest absolute Gasteiger partial charge is 0.489 e. The van der Waals surface area contributed by atoms with Gasteiger partial charge in [-0.15, -0.1) is 0 Å². The molecule has 3 rings (SSSR count). The number of aryl methyl sites for hydroxylation is 1. The van der Waals surface area contributed by atoms with Gasteiger partial charge in [-0.2, -0.15) is 13.2 Å². The zero-order valence-electron chi connectivity index (χ0n) is 14.2. The Labute approximate surface area is 150 Å². The number of fused-ring (bicyclic) bond motifs is 1. The number of alkyl halides is 3. The van der Waals surface area contributed by atoms with E-state index < -0.39 is 11.7 Å². The highest BCUT2D eigenvalue weighted by molar-refractivity contribution is 5.87. The Kier molecular flexibility index (Phi) is 5.47. The molecule has 0 radical (unpaired) electrons. The van der Waals surface area contributed by atoms with Crippen LogP contribution in [0.1, 0.15) is 23.1 Å². The van der Waals surface area contributed by atoms with Crippen molar-refractivity contribution in [3.05, 3.63) is 77.4 Å². The van der Waals surface area contributed by atoms with E-state index in [1.807, 2.05) is 36.4 Å². The van der Waals surface area contributed by atoms with E-state index in [-0.39, 0.29) is 6.61 Å². The second-order valence-corrected chi connectivity index (χ2v) is 6.14. The summed E-state index contributed by atoms with van der Waals surface area (Å²) in [6, 6.07) is 17.0. The van der Waals surface area contributed by atoms with Gasteiger partial charge in [0.2, 0.25) is 0 Å². The lowest BCUT2D eigenvalue weighted by Gasteiger charge is -2.15. The SMILES string of the molecule is NCCCc1c(OCc2cccc(C(F)(F)F)c2)ccc2ccccc12. The summed E-state index contributed by atoms with van der Waals surface area (Å²) < 4.78 is 44.5. The first-order valence-electron chi connectivity index (χ1n) is 8.48. The van der Waals surface area contributed by atoms with Crippen molar-refractivity contribution in [1.82, 2.24) is 0 Å². The highest BCUT2D eigenvalue weighted by Crippen LogP contribution is 2.31. The Morgan fingerprint density at radius 1 is 0.923 bits per heavy atom. The van der Waals surface area contributed by atoms with Gasteiger partial charge in [0.15, 0.2) is 0 Å². The first-order valence-corrected chi connectivity index (χ1v) is 8.48. The van der Waals surface area contributed by atoms with Crippen molar-refractivity contribution in [2.45, 2.75) is 25.6 Å². The van der Waals surface area contributed by atoms with Crippen LogP contribution in [0, 0.1) is 0 Å². The molecular formula is C21H20F3NO. The Balaban J connectivity index is 1.87. The number of nitrogens with two attached hydrogens (primary N) is 1. The Morgan fingerprint density at radius 2 is 1.73 bits per heavy atom. The molecule has 3 aromatic rings. The van der Waals surface area contributed by atoms with Gasteiger partial charge >= 0.3 is 6.18 Å². The minimum absolute atomic E-state index is 0.0812. The molecule has 0 aromatic heterocycles. The van der Waals surface area contributed by atoms with Gasteiger partial charge in [0.25, 0.3) is 0 Å². The quantitative estimate of drug-likeness (QED) is 0.646. The minimum atomic E-state index is -4.36.